The first-order valence-corrected chi connectivity index (χ1v) is 9.02. The largest absolute Gasteiger partial charge is 0.478 e. The Morgan fingerprint density at radius 2 is 1.83 bits per heavy atom. The van der Waals surface area contributed by atoms with E-state index in [0.717, 1.165) is 0 Å². The number of benzene rings is 2. The van der Waals surface area contributed by atoms with Crippen LogP contribution < -0.4 is 10.1 Å². The van der Waals surface area contributed by atoms with E-state index in [1.165, 1.54) is 48.7 Å². The third kappa shape index (κ3) is 5.51. The molecule has 6 nitrogen and oxygen atoms in total. The van der Waals surface area contributed by atoms with E-state index < -0.39 is 12.6 Å². The van der Waals surface area contributed by atoms with Crippen LogP contribution in [0.3, 0.4) is 0 Å². The zero-order valence-electron chi connectivity index (χ0n) is 15.3. The number of aromatic nitrogens is 1. The summed E-state index contributed by atoms with van der Waals surface area (Å²) in [6, 6.07) is 13.2. The molecule has 1 aromatic heterocycles. The predicted octanol–water partition coefficient (Wildman–Crippen LogP) is 4.88. The molecule has 3 rings (SSSR count). The van der Waals surface area contributed by atoms with Gasteiger partial charge in [-0.1, -0.05) is 17.7 Å². The molecule has 0 saturated heterocycles. The van der Waals surface area contributed by atoms with Gasteiger partial charge in [-0.05, 0) is 48.5 Å². The highest BCUT2D eigenvalue weighted by molar-refractivity contribution is 6.31. The van der Waals surface area contributed by atoms with Gasteiger partial charge in [0.2, 0.25) is 5.91 Å². The van der Waals surface area contributed by atoms with Crippen LogP contribution in [0.15, 0.2) is 60.8 Å². The van der Waals surface area contributed by atoms with Crippen molar-refractivity contribution in [3.8, 4) is 16.9 Å². The summed E-state index contributed by atoms with van der Waals surface area (Å²) >= 11 is 5.96. The van der Waals surface area contributed by atoms with Crippen molar-refractivity contribution in [2.75, 3.05) is 5.32 Å². The lowest BCUT2D eigenvalue weighted by atomic mass is 10.1. The summed E-state index contributed by atoms with van der Waals surface area (Å²) in [6.45, 7) is -2.98. The van der Waals surface area contributed by atoms with Crippen molar-refractivity contribution >= 4 is 29.2 Å². The average Bonchev–Trinajstić information content (AvgIpc) is 2.70. The van der Waals surface area contributed by atoms with Gasteiger partial charge in [0.25, 0.3) is 0 Å². The number of ether oxygens (including phenoxy) is 1. The number of anilines is 1. The van der Waals surface area contributed by atoms with Crippen LogP contribution in [-0.4, -0.2) is 28.6 Å². The highest BCUT2D eigenvalue weighted by Gasteiger charge is 2.13. The number of alkyl halides is 2. The number of carboxylic acid groups (broad SMARTS) is 1. The second-order valence-corrected chi connectivity index (χ2v) is 6.60. The molecule has 0 saturated carbocycles. The number of carboxylic acids is 1. The fraction of sp³-hybridized carbons (Fsp3) is 0.0952. The SMILES string of the molecule is O=C(Cc1ccc(-c2cc(Cl)ccc2OC(F)F)cn1)Nc1ccc(C(=O)O)cc1. The van der Waals surface area contributed by atoms with Crippen LogP contribution in [0.4, 0.5) is 14.5 Å². The highest BCUT2D eigenvalue weighted by atomic mass is 35.5. The molecular formula is C21H15ClF2N2O4. The van der Waals surface area contributed by atoms with Crippen LogP contribution in [0.1, 0.15) is 16.1 Å². The summed E-state index contributed by atoms with van der Waals surface area (Å²) in [5, 5.41) is 11.9. The number of carbonyl (C=O) groups excluding carboxylic acids is 1. The van der Waals surface area contributed by atoms with Crippen molar-refractivity contribution in [1.29, 1.82) is 0 Å². The molecule has 0 bridgehead atoms. The molecule has 0 unspecified atom stereocenters. The van der Waals surface area contributed by atoms with Crippen molar-refractivity contribution in [3.63, 3.8) is 0 Å². The lowest BCUT2D eigenvalue weighted by Gasteiger charge is -2.11. The molecule has 3 aromatic rings. The summed E-state index contributed by atoms with van der Waals surface area (Å²) in [4.78, 5) is 27.2. The smallest absolute Gasteiger partial charge is 0.387 e. The van der Waals surface area contributed by atoms with Gasteiger partial charge in [0.1, 0.15) is 5.75 Å². The number of amides is 1. The first-order chi connectivity index (χ1) is 14.3. The quantitative estimate of drug-likeness (QED) is 0.555. The lowest BCUT2D eigenvalue weighted by molar-refractivity contribution is -0.115. The Balaban J connectivity index is 1.69. The van der Waals surface area contributed by atoms with Gasteiger partial charge >= 0.3 is 12.6 Å². The van der Waals surface area contributed by atoms with Crippen LogP contribution in [0.2, 0.25) is 5.02 Å². The van der Waals surface area contributed by atoms with Crippen molar-refractivity contribution in [2.24, 2.45) is 0 Å². The number of carbonyl (C=O) groups is 2. The first-order valence-electron chi connectivity index (χ1n) is 8.64. The van der Waals surface area contributed by atoms with Gasteiger partial charge in [0.15, 0.2) is 0 Å². The molecule has 0 atom stereocenters. The van der Waals surface area contributed by atoms with Gasteiger partial charge in [-0.3, -0.25) is 9.78 Å². The number of aromatic carboxylic acids is 1. The van der Waals surface area contributed by atoms with E-state index in [1.54, 1.807) is 12.1 Å². The third-order valence-corrected chi connectivity index (χ3v) is 4.29. The average molecular weight is 433 g/mol. The molecular weight excluding hydrogens is 418 g/mol. The zero-order chi connectivity index (χ0) is 21.7. The summed E-state index contributed by atoms with van der Waals surface area (Å²) in [6.07, 6.45) is 1.41. The Morgan fingerprint density at radius 3 is 2.43 bits per heavy atom. The highest BCUT2D eigenvalue weighted by Crippen LogP contribution is 2.33. The topological polar surface area (TPSA) is 88.5 Å². The fourth-order valence-corrected chi connectivity index (χ4v) is 2.85. The minimum Gasteiger partial charge on any atom is -0.478 e. The summed E-state index contributed by atoms with van der Waals surface area (Å²) in [5.41, 5.74) is 1.87. The van der Waals surface area contributed by atoms with Crippen molar-refractivity contribution in [3.05, 3.63) is 77.1 Å². The first kappa shape index (κ1) is 21.2. The standard InChI is InChI=1S/C21H15ClF2N2O4/c22-14-4-8-18(30-21(23)24)17(9-14)13-3-7-16(25-11-13)10-19(27)26-15-5-1-12(2-6-15)20(28)29/h1-9,11,21H,10H2,(H,26,27)(H,28,29). The van der Waals surface area contributed by atoms with Gasteiger partial charge < -0.3 is 15.2 Å². The summed E-state index contributed by atoms with van der Waals surface area (Å²) in [7, 11) is 0. The van der Waals surface area contributed by atoms with Gasteiger partial charge in [0.05, 0.1) is 12.0 Å². The maximum Gasteiger partial charge on any atom is 0.387 e. The number of nitrogens with one attached hydrogen (secondary N) is 1. The number of nitrogens with zero attached hydrogens (tertiary/aromatic N) is 1. The van der Waals surface area contributed by atoms with Crippen molar-refractivity contribution in [2.45, 2.75) is 13.0 Å². The van der Waals surface area contributed by atoms with E-state index in [4.69, 9.17) is 16.7 Å². The normalized spacial score (nSPS) is 10.7. The van der Waals surface area contributed by atoms with Crippen LogP contribution in [0.5, 0.6) is 5.75 Å². The molecule has 0 aliphatic heterocycles. The van der Waals surface area contributed by atoms with Crippen molar-refractivity contribution in [1.82, 2.24) is 4.98 Å². The van der Waals surface area contributed by atoms with E-state index in [9.17, 15) is 18.4 Å². The molecule has 154 valence electrons. The molecule has 0 spiro atoms. The second-order valence-electron chi connectivity index (χ2n) is 6.16. The van der Waals surface area contributed by atoms with Crippen LogP contribution in [0.25, 0.3) is 11.1 Å². The van der Waals surface area contributed by atoms with E-state index in [2.05, 4.69) is 15.0 Å². The molecule has 0 radical (unpaired) electrons. The van der Waals surface area contributed by atoms with E-state index in [1.807, 2.05) is 0 Å². The fourth-order valence-electron chi connectivity index (χ4n) is 2.68. The minimum absolute atomic E-state index is 0.0309. The molecule has 30 heavy (non-hydrogen) atoms. The number of pyridine rings is 1. The van der Waals surface area contributed by atoms with Crippen molar-refractivity contribution < 1.29 is 28.2 Å². The zero-order valence-corrected chi connectivity index (χ0v) is 16.1. The molecule has 1 heterocycles. The van der Waals surface area contributed by atoms with E-state index in [-0.39, 0.29) is 23.6 Å². The molecule has 0 aliphatic carbocycles. The molecule has 2 aromatic carbocycles. The van der Waals surface area contributed by atoms with E-state index in [0.29, 0.717) is 27.5 Å². The molecule has 9 heteroatoms. The Hall–Kier alpha value is -3.52. The molecule has 0 fully saturated rings. The molecule has 2 N–H and O–H groups in total. The number of hydrogen-bond donors (Lipinski definition) is 2. The maximum atomic E-state index is 12.6. The van der Waals surface area contributed by atoms with Crippen LogP contribution in [0, 0.1) is 0 Å². The third-order valence-electron chi connectivity index (χ3n) is 4.05. The van der Waals surface area contributed by atoms with Gasteiger partial charge in [0, 0.05) is 33.7 Å². The number of hydrogen-bond acceptors (Lipinski definition) is 4. The van der Waals surface area contributed by atoms with Gasteiger partial charge in [-0.2, -0.15) is 8.78 Å². The van der Waals surface area contributed by atoms with Gasteiger partial charge in [-0.25, -0.2) is 4.79 Å². The maximum absolute atomic E-state index is 12.6. The van der Waals surface area contributed by atoms with Crippen LogP contribution in [-0.2, 0) is 11.2 Å². The number of rotatable bonds is 7. The Bertz CT molecular complexity index is 1060. The number of halogens is 3. The summed E-state index contributed by atoms with van der Waals surface area (Å²) < 4.78 is 29.8. The Labute approximate surface area is 175 Å². The lowest BCUT2D eigenvalue weighted by Crippen LogP contribution is -2.15. The van der Waals surface area contributed by atoms with E-state index >= 15 is 0 Å². The molecule has 0 aliphatic rings. The Kier molecular flexibility index (Phi) is 6.58. The van der Waals surface area contributed by atoms with Crippen LogP contribution >= 0.6 is 11.6 Å². The monoisotopic (exact) mass is 432 g/mol. The van der Waals surface area contributed by atoms with Gasteiger partial charge in [-0.15, -0.1) is 0 Å². The second kappa shape index (κ2) is 9.32. The summed E-state index contributed by atoms with van der Waals surface area (Å²) in [5.74, 6) is -1.44. The Morgan fingerprint density at radius 1 is 1.10 bits per heavy atom. The minimum atomic E-state index is -2.98. The predicted molar refractivity (Wildman–Crippen MR) is 107 cm³/mol. The molecule has 1 amide bonds.